The molecule has 0 radical (unpaired) electrons. The van der Waals surface area contributed by atoms with Crippen LogP contribution in [-0.2, 0) is 6.54 Å². The summed E-state index contributed by atoms with van der Waals surface area (Å²) in [6.07, 6.45) is 0. The molecule has 0 aliphatic rings. The number of benzene rings is 2. The monoisotopic (exact) mass is 338 g/mol. The summed E-state index contributed by atoms with van der Waals surface area (Å²) in [6.45, 7) is 0.552. The van der Waals surface area contributed by atoms with Crippen LogP contribution < -0.4 is 11.1 Å². The van der Waals surface area contributed by atoms with Gasteiger partial charge in [0.15, 0.2) is 0 Å². The summed E-state index contributed by atoms with van der Waals surface area (Å²) in [7, 11) is 0. The first-order chi connectivity index (χ1) is 9.06. The lowest BCUT2D eigenvalue weighted by atomic mass is 10.2. The van der Waals surface area contributed by atoms with Gasteiger partial charge in [0, 0.05) is 16.6 Å². The van der Waals surface area contributed by atoms with E-state index in [-0.39, 0.29) is 10.8 Å². The molecule has 2 rings (SSSR count). The molecule has 0 unspecified atom stereocenters. The normalized spacial score (nSPS) is 10.2. The second-order valence-corrected chi connectivity index (χ2v) is 5.39. The third kappa shape index (κ3) is 3.75. The Labute approximate surface area is 124 Å². The maximum Gasteiger partial charge on any atom is 0.146 e. The van der Waals surface area contributed by atoms with Crippen molar-refractivity contribution in [1.29, 1.82) is 0 Å². The summed E-state index contributed by atoms with van der Waals surface area (Å²) in [5.41, 5.74) is 7.48. The van der Waals surface area contributed by atoms with Crippen LogP contribution >= 0.6 is 28.1 Å². The van der Waals surface area contributed by atoms with Crippen LogP contribution in [0.1, 0.15) is 11.1 Å². The first-order valence-electron chi connectivity index (χ1n) is 5.64. The van der Waals surface area contributed by atoms with E-state index < -0.39 is 0 Å². The zero-order valence-corrected chi connectivity index (χ0v) is 12.4. The van der Waals surface area contributed by atoms with Crippen molar-refractivity contribution >= 4 is 38.8 Å². The van der Waals surface area contributed by atoms with Crippen LogP contribution in [0.25, 0.3) is 0 Å². The van der Waals surface area contributed by atoms with Gasteiger partial charge in [-0.05, 0) is 35.9 Å². The van der Waals surface area contributed by atoms with Crippen molar-refractivity contribution in [3.8, 4) is 0 Å². The third-order valence-electron chi connectivity index (χ3n) is 2.65. The summed E-state index contributed by atoms with van der Waals surface area (Å²) in [5, 5.41) is 3.04. The molecular formula is C14H12BrFN2S. The van der Waals surface area contributed by atoms with Crippen molar-refractivity contribution in [3.63, 3.8) is 0 Å². The van der Waals surface area contributed by atoms with Crippen molar-refractivity contribution < 1.29 is 4.39 Å². The predicted molar refractivity (Wildman–Crippen MR) is 83.8 cm³/mol. The fourth-order valence-electron chi connectivity index (χ4n) is 1.61. The fraction of sp³-hybridized carbons (Fsp3) is 0.0714. The average molecular weight is 339 g/mol. The van der Waals surface area contributed by atoms with Gasteiger partial charge in [-0.3, -0.25) is 0 Å². The highest BCUT2D eigenvalue weighted by Crippen LogP contribution is 2.17. The van der Waals surface area contributed by atoms with Gasteiger partial charge >= 0.3 is 0 Å². The Morgan fingerprint density at radius 1 is 1.21 bits per heavy atom. The van der Waals surface area contributed by atoms with Crippen molar-refractivity contribution in [3.05, 3.63) is 63.9 Å². The summed E-state index contributed by atoms with van der Waals surface area (Å²) in [5.74, 6) is -0.359. The van der Waals surface area contributed by atoms with Gasteiger partial charge in [0.2, 0.25) is 0 Å². The molecule has 5 heteroatoms. The van der Waals surface area contributed by atoms with Gasteiger partial charge in [-0.25, -0.2) is 4.39 Å². The molecule has 3 N–H and O–H groups in total. The highest BCUT2D eigenvalue weighted by molar-refractivity contribution is 9.10. The number of hydrogen-bond donors (Lipinski definition) is 2. The van der Waals surface area contributed by atoms with Gasteiger partial charge in [-0.1, -0.05) is 40.3 Å². The topological polar surface area (TPSA) is 38.0 Å². The number of anilines is 1. The van der Waals surface area contributed by atoms with E-state index in [1.54, 1.807) is 12.1 Å². The molecule has 0 fully saturated rings. The van der Waals surface area contributed by atoms with Crippen molar-refractivity contribution in [1.82, 2.24) is 0 Å². The number of thiocarbonyl (C=S) groups is 1. The van der Waals surface area contributed by atoms with Crippen LogP contribution in [0.5, 0.6) is 0 Å². The molecule has 0 aliphatic carbocycles. The standard InChI is InChI=1S/C14H12BrFN2S/c15-11-4-1-9(2-5-11)8-18-13-6-3-10(14(17)19)7-12(13)16/h1-7,18H,8H2,(H2,17,19). The lowest BCUT2D eigenvalue weighted by Gasteiger charge is -2.09. The number of halogens is 2. The van der Waals surface area contributed by atoms with Crippen LogP contribution in [0.2, 0.25) is 0 Å². The zero-order valence-electron chi connectivity index (χ0n) is 9.99. The Morgan fingerprint density at radius 2 is 1.89 bits per heavy atom. The van der Waals surface area contributed by atoms with Gasteiger partial charge < -0.3 is 11.1 Å². The lowest BCUT2D eigenvalue weighted by Crippen LogP contribution is -2.10. The van der Waals surface area contributed by atoms with E-state index in [9.17, 15) is 4.39 Å². The molecule has 2 aromatic carbocycles. The van der Waals surface area contributed by atoms with E-state index in [1.165, 1.54) is 6.07 Å². The van der Waals surface area contributed by atoms with Gasteiger partial charge in [-0.15, -0.1) is 0 Å². The van der Waals surface area contributed by atoms with Crippen molar-refractivity contribution in [2.75, 3.05) is 5.32 Å². The summed E-state index contributed by atoms with van der Waals surface area (Å²) in [6, 6.07) is 12.5. The average Bonchev–Trinajstić information content (AvgIpc) is 2.39. The van der Waals surface area contributed by atoms with E-state index in [0.717, 1.165) is 10.0 Å². The first kappa shape index (κ1) is 14.0. The number of rotatable bonds is 4. The molecule has 19 heavy (non-hydrogen) atoms. The Morgan fingerprint density at radius 3 is 2.47 bits per heavy atom. The lowest BCUT2D eigenvalue weighted by molar-refractivity contribution is 0.630. The molecule has 0 heterocycles. The molecule has 0 saturated carbocycles. The van der Waals surface area contributed by atoms with Gasteiger partial charge in [0.05, 0.1) is 5.69 Å². The van der Waals surface area contributed by atoms with Crippen LogP contribution in [0.3, 0.4) is 0 Å². The Hall–Kier alpha value is -1.46. The largest absolute Gasteiger partial charge is 0.389 e. The van der Waals surface area contributed by atoms with Crippen LogP contribution in [0.15, 0.2) is 46.9 Å². The summed E-state index contributed by atoms with van der Waals surface area (Å²) < 4.78 is 14.8. The van der Waals surface area contributed by atoms with Gasteiger partial charge in [0.1, 0.15) is 10.8 Å². The van der Waals surface area contributed by atoms with Crippen LogP contribution in [0, 0.1) is 5.82 Å². The van der Waals surface area contributed by atoms with Crippen LogP contribution in [0.4, 0.5) is 10.1 Å². The Bertz CT molecular complexity index is 599. The number of nitrogens with two attached hydrogens (primary N) is 1. The predicted octanol–water partition coefficient (Wildman–Crippen LogP) is 3.83. The molecule has 0 aliphatic heterocycles. The highest BCUT2D eigenvalue weighted by atomic mass is 79.9. The Kier molecular flexibility index (Phi) is 4.50. The molecule has 0 bridgehead atoms. The maximum absolute atomic E-state index is 13.8. The first-order valence-corrected chi connectivity index (χ1v) is 6.84. The third-order valence-corrected chi connectivity index (χ3v) is 3.41. The van der Waals surface area contributed by atoms with Crippen molar-refractivity contribution in [2.45, 2.75) is 6.54 Å². The van der Waals surface area contributed by atoms with E-state index in [2.05, 4.69) is 21.2 Å². The van der Waals surface area contributed by atoms with E-state index >= 15 is 0 Å². The smallest absolute Gasteiger partial charge is 0.146 e. The SMILES string of the molecule is NC(=S)c1ccc(NCc2ccc(Br)cc2)c(F)c1. The number of nitrogens with one attached hydrogen (secondary N) is 1. The molecule has 2 aromatic rings. The molecule has 0 aromatic heterocycles. The van der Waals surface area contributed by atoms with E-state index in [1.807, 2.05) is 24.3 Å². The van der Waals surface area contributed by atoms with Crippen molar-refractivity contribution in [2.24, 2.45) is 5.73 Å². The fourth-order valence-corrected chi connectivity index (χ4v) is 2.00. The molecule has 0 spiro atoms. The molecule has 0 amide bonds. The minimum absolute atomic E-state index is 0.193. The van der Waals surface area contributed by atoms with E-state index in [4.69, 9.17) is 18.0 Å². The molecule has 98 valence electrons. The molecular weight excluding hydrogens is 327 g/mol. The van der Waals surface area contributed by atoms with E-state index in [0.29, 0.717) is 17.8 Å². The highest BCUT2D eigenvalue weighted by Gasteiger charge is 2.05. The van der Waals surface area contributed by atoms with Crippen LogP contribution in [-0.4, -0.2) is 4.99 Å². The second-order valence-electron chi connectivity index (χ2n) is 4.04. The minimum Gasteiger partial charge on any atom is -0.389 e. The number of hydrogen-bond acceptors (Lipinski definition) is 2. The summed E-state index contributed by atoms with van der Waals surface area (Å²) >= 11 is 8.17. The molecule has 0 atom stereocenters. The van der Waals surface area contributed by atoms with Gasteiger partial charge in [-0.2, -0.15) is 0 Å². The zero-order chi connectivity index (χ0) is 13.8. The molecule has 0 saturated heterocycles. The summed E-state index contributed by atoms with van der Waals surface area (Å²) in [4.78, 5) is 0.193. The quantitative estimate of drug-likeness (QED) is 0.832. The van der Waals surface area contributed by atoms with Gasteiger partial charge in [0.25, 0.3) is 0 Å². The maximum atomic E-state index is 13.8. The Balaban J connectivity index is 2.07. The second kappa shape index (κ2) is 6.12. The molecule has 2 nitrogen and oxygen atoms in total. The minimum atomic E-state index is -0.359.